The quantitative estimate of drug-likeness (QED) is 0.486. The minimum absolute atomic E-state index is 0.140. The normalized spacial score (nSPS) is 11.9. The number of amides is 2. The third-order valence-corrected chi connectivity index (χ3v) is 2.88. The highest BCUT2D eigenvalue weighted by Gasteiger charge is 2.22. The van der Waals surface area contributed by atoms with Crippen LogP contribution in [0.1, 0.15) is 32.6 Å². The summed E-state index contributed by atoms with van der Waals surface area (Å²) in [6, 6.07) is -1.38. The van der Waals surface area contributed by atoms with Gasteiger partial charge in [-0.1, -0.05) is 13.3 Å². The average Bonchev–Trinajstić information content (AvgIpc) is 2.42. The van der Waals surface area contributed by atoms with Crippen LogP contribution in [-0.2, 0) is 9.53 Å². The highest BCUT2D eigenvalue weighted by Crippen LogP contribution is 2.02. The summed E-state index contributed by atoms with van der Waals surface area (Å²) >= 11 is 0. The van der Waals surface area contributed by atoms with Crippen LogP contribution in [0.25, 0.3) is 0 Å². The van der Waals surface area contributed by atoms with Crippen molar-refractivity contribution in [2.75, 3.05) is 33.4 Å². The minimum atomic E-state index is -1.06. The number of rotatable bonds is 11. The molecule has 0 aliphatic rings. The molecule has 0 saturated heterocycles. The van der Waals surface area contributed by atoms with Crippen LogP contribution in [-0.4, -0.2) is 66.6 Å². The topological polar surface area (TPSA) is 99.1 Å². The van der Waals surface area contributed by atoms with Gasteiger partial charge in [-0.25, -0.2) is 9.59 Å². The fourth-order valence-corrected chi connectivity index (χ4v) is 1.71. The first-order valence-electron chi connectivity index (χ1n) is 6.94. The first-order valence-corrected chi connectivity index (χ1v) is 6.94. The van der Waals surface area contributed by atoms with Gasteiger partial charge in [0, 0.05) is 26.8 Å². The molecule has 0 spiro atoms. The van der Waals surface area contributed by atoms with Crippen LogP contribution in [0.5, 0.6) is 0 Å². The van der Waals surface area contributed by atoms with Crippen molar-refractivity contribution in [3.05, 3.63) is 0 Å². The zero-order chi connectivity index (χ0) is 15.4. The summed E-state index contributed by atoms with van der Waals surface area (Å²) in [5.74, 6) is -1.06. The Hall–Kier alpha value is -1.34. The number of carboxylic acid groups (broad SMARTS) is 1. The number of nitrogens with one attached hydrogen (secondary N) is 1. The lowest BCUT2D eigenvalue weighted by molar-refractivity contribution is -0.139. The maximum Gasteiger partial charge on any atom is 0.326 e. The zero-order valence-corrected chi connectivity index (χ0v) is 12.3. The predicted octanol–water partition coefficient (Wildman–Crippen LogP) is 0.670. The second-order valence-electron chi connectivity index (χ2n) is 4.54. The van der Waals surface area contributed by atoms with Crippen molar-refractivity contribution in [1.29, 1.82) is 0 Å². The van der Waals surface area contributed by atoms with E-state index >= 15 is 0 Å². The molecule has 0 bridgehead atoms. The van der Waals surface area contributed by atoms with E-state index in [4.69, 9.17) is 14.9 Å². The SMILES string of the molecule is CCCCN(CCO)C(=O)NC(CCCOC)C(=O)O. The molecule has 0 heterocycles. The Bertz CT molecular complexity index is 286. The first kappa shape index (κ1) is 18.7. The number of carbonyl (C=O) groups excluding carboxylic acids is 1. The average molecular weight is 290 g/mol. The largest absolute Gasteiger partial charge is 0.480 e. The predicted molar refractivity (Wildman–Crippen MR) is 74.6 cm³/mol. The molecule has 1 atom stereocenters. The molecule has 0 aromatic rings. The van der Waals surface area contributed by atoms with Gasteiger partial charge in [-0.15, -0.1) is 0 Å². The molecule has 0 fully saturated rings. The summed E-state index contributed by atoms with van der Waals surface area (Å²) in [5, 5.41) is 20.5. The Morgan fingerprint density at radius 1 is 1.30 bits per heavy atom. The van der Waals surface area contributed by atoms with Gasteiger partial charge in [0.1, 0.15) is 6.04 Å². The second-order valence-corrected chi connectivity index (χ2v) is 4.54. The lowest BCUT2D eigenvalue weighted by Crippen LogP contribution is -2.49. The lowest BCUT2D eigenvalue weighted by Gasteiger charge is -2.24. The minimum Gasteiger partial charge on any atom is -0.480 e. The van der Waals surface area contributed by atoms with Gasteiger partial charge in [0.05, 0.1) is 6.61 Å². The van der Waals surface area contributed by atoms with Gasteiger partial charge in [0.2, 0.25) is 0 Å². The van der Waals surface area contributed by atoms with E-state index in [1.165, 1.54) is 4.90 Å². The monoisotopic (exact) mass is 290 g/mol. The molecular weight excluding hydrogens is 264 g/mol. The molecule has 7 heteroatoms. The first-order chi connectivity index (χ1) is 9.56. The van der Waals surface area contributed by atoms with Crippen molar-refractivity contribution >= 4 is 12.0 Å². The lowest BCUT2D eigenvalue weighted by atomic mass is 10.1. The van der Waals surface area contributed by atoms with Gasteiger partial charge >= 0.3 is 12.0 Å². The summed E-state index contributed by atoms with van der Waals surface area (Å²) < 4.78 is 4.87. The number of carbonyl (C=O) groups is 2. The fraction of sp³-hybridized carbons (Fsp3) is 0.846. The van der Waals surface area contributed by atoms with Crippen LogP contribution in [0, 0.1) is 0 Å². The summed E-state index contributed by atoms with van der Waals surface area (Å²) in [7, 11) is 1.54. The maximum atomic E-state index is 12.0. The van der Waals surface area contributed by atoms with Gasteiger partial charge in [-0.05, 0) is 19.3 Å². The van der Waals surface area contributed by atoms with Gasteiger partial charge in [0.15, 0.2) is 0 Å². The third kappa shape index (κ3) is 7.96. The number of urea groups is 1. The van der Waals surface area contributed by atoms with E-state index in [-0.39, 0.29) is 13.2 Å². The van der Waals surface area contributed by atoms with Crippen LogP contribution in [0.4, 0.5) is 4.79 Å². The molecule has 20 heavy (non-hydrogen) atoms. The standard InChI is InChI=1S/C13H26N2O5/c1-3-4-7-15(8-9-16)13(19)14-11(12(17)18)6-5-10-20-2/h11,16H,3-10H2,1-2H3,(H,14,19)(H,17,18). The van der Waals surface area contributed by atoms with Crippen LogP contribution in [0.3, 0.4) is 0 Å². The van der Waals surface area contributed by atoms with Gasteiger partial charge < -0.3 is 25.2 Å². The van der Waals surface area contributed by atoms with Gasteiger partial charge in [-0.3, -0.25) is 0 Å². The molecule has 2 amide bonds. The van der Waals surface area contributed by atoms with E-state index in [9.17, 15) is 9.59 Å². The molecular formula is C13H26N2O5. The number of methoxy groups -OCH3 is 1. The van der Waals surface area contributed by atoms with Crippen LogP contribution in [0.15, 0.2) is 0 Å². The highest BCUT2D eigenvalue weighted by atomic mass is 16.5. The Morgan fingerprint density at radius 2 is 2.00 bits per heavy atom. The molecule has 7 nitrogen and oxygen atoms in total. The van der Waals surface area contributed by atoms with E-state index in [0.29, 0.717) is 26.0 Å². The van der Waals surface area contributed by atoms with Gasteiger partial charge in [0.25, 0.3) is 0 Å². The molecule has 0 radical (unpaired) electrons. The molecule has 1 unspecified atom stereocenters. The summed E-state index contributed by atoms with van der Waals surface area (Å²) in [5.41, 5.74) is 0. The van der Waals surface area contributed by atoms with Crippen molar-refractivity contribution in [2.45, 2.75) is 38.6 Å². The van der Waals surface area contributed by atoms with E-state index in [2.05, 4.69) is 5.32 Å². The third-order valence-electron chi connectivity index (χ3n) is 2.88. The summed E-state index contributed by atoms with van der Waals surface area (Å²) in [4.78, 5) is 24.5. The smallest absolute Gasteiger partial charge is 0.326 e. The number of hydrogen-bond donors (Lipinski definition) is 3. The van der Waals surface area contributed by atoms with E-state index in [1.54, 1.807) is 7.11 Å². The van der Waals surface area contributed by atoms with E-state index in [1.807, 2.05) is 6.92 Å². The Morgan fingerprint density at radius 3 is 2.50 bits per heavy atom. The van der Waals surface area contributed by atoms with E-state index in [0.717, 1.165) is 12.8 Å². The van der Waals surface area contributed by atoms with Crippen LogP contribution >= 0.6 is 0 Å². The zero-order valence-electron chi connectivity index (χ0n) is 12.3. The number of aliphatic hydroxyl groups is 1. The van der Waals surface area contributed by atoms with Crippen molar-refractivity contribution in [3.8, 4) is 0 Å². The number of aliphatic hydroxyl groups excluding tert-OH is 1. The Kier molecular flexibility index (Phi) is 10.7. The molecule has 0 aromatic carbocycles. The molecule has 0 aliphatic heterocycles. The van der Waals surface area contributed by atoms with Gasteiger partial charge in [-0.2, -0.15) is 0 Å². The Labute approximate surface area is 119 Å². The number of nitrogens with zero attached hydrogens (tertiary/aromatic N) is 1. The molecule has 3 N–H and O–H groups in total. The molecule has 118 valence electrons. The highest BCUT2D eigenvalue weighted by molar-refractivity contribution is 5.82. The maximum absolute atomic E-state index is 12.0. The van der Waals surface area contributed by atoms with Crippen molar-refractivity contribution < 1.29 is 24.5 Å². The molecule has 0 aliphatic carbocycles. The van der Waals surface area contributed by atoms with Crippen LogP contribution < -0.4 is 5.32 Å². The number of hydrogen-bond acceptors (Lipinski definition) is 4. The Balaban J connectivity index is 4.40. The van der Waals surface area contributed by atoms with Crippen molar-refractivity contribution in [2.24, 2.45) is 0 Å². The second kappa shape index (κ2) is 11.5. The number of unbranched alkanes of at least 4 members (excludes halogenated alkanes) is 1. The van der Waals surface area contributed by atoms with Crippen molar-refractivity contribution in [3.63, 3.8) is 0 Å². The summed E-state index contributed by atoms with van der Waals surface area (Å²) in [6.07, 6.45) is 2.61. The molecule has 0 rings (SSSR count). The summed E-state index contributed by atoms with van der Waals surface area (Å²) in [6.45, 7) is 3.03. The van der Waals surface area contributed by atoms with Crippen molar-refractivity contribution in [1.82, 2.24) is 10.2 Å². The van der Waals surface area contributed by atoms with Crippen LogP contribution in [0.2, 0.25) is 0 Å². The van der Waals surface area contributed by atoms with E-state index < -0.39 is 18.0 Å². The number of aliphatic carboxylic acids is 1. The number of ether oxygens (including phenoxy) is 1. The molecule has 0 saturated carbocycles. The number of carboxylic acids is 1. The fourth-order valence-electron chi connectivity index (χ4n) is 1.71. The molecule has 0 aromatic heterocycles.